The Balaban J connectivity index is 1.79. The molecule has 0 aliphatic rings. The van der Waals surface area contributed by atoms with Crippen molar-refractivity contribution in [2.24, 2.45) is 0 Å². The summed E-state index contributed by atoms with van der Waals surface area (Å²) in [6.45, 7) is 6.20. The zero-order valence-electron chi connectivity index (χ0n) is 13.8. The molecule has 118 valence electrons. The van der Waals surface area contributed by atoms with Gasteiger partial charge in [-0.05, 0) is 41.8 Å². The normalized spacial score (nSPS) is 10.7. The van der Waals surface area contributed by atoms with E-state index in [0.29, 0.717) is 0 Å². The minimum Gasteiger partial charge on any atom is -0.457 e. The Hall–Kier alpha value is -3.06. The van der Waals surface area contributed by atoms with Crippen molar-refractivity contribution in [3.63, 3.8) is 0 Å². The van der Waals surface area contributed by atoms with Gasteiger partial charge in [-0.1, -0.05) is 79.4 Å². The zero-order valence-corrected chi connectivity index (χ0v) is 13.8. The first kappa shape index (κ1) is 15.8. The second kappa shape index (κ2) is 7.47. The standard InChI is InChI=1S/C23H20O/c1-3-9-21-12-7-8-13-23(21)24-22-16-14-20(15-17-22)18(2)19-10-5-4-6-11-19/h3-17H,2H2,1H3/b9-3+. The molecule has 1 nitrogen and oxygen atoms in total. The maximum Gasteiger partial charge on any atom is 0.134 e. The van der Waals surface area contributed by atoms with Crippen LogP contribution in [-0.2, 0) is 0 Å². The fraction of sp³-hybridized carbons (Fsp3) is 0.0435. The van der Waals surface area contributed by atoms with Gasteiger partial charge in [0.1, 0.15) is 11.5 Å². The van der Waals surface area contributed by atoms with Crippen molar-refractivity contribution in [1.82, 2.24) is 0 Å². The molecule has 0 unspecified atom stereocenters. The van der Waals surface area contributed by atoms with Crippen molar-refractivity contribution in [2.75, 3.05) is 0 Å². The molecule has 3 aromatic carbocycles. The van der Waals surface area contributed by atoms with Crippen LogP contribution in [0.25, 0.3) is 11.6 Å². The first-order valence-corrected chi connectivity index (χ1v) is 8.02. The minimum atomic E-state index is 0.816. The molecule has 0 aliphatic heterocycles. The molecule has 0 heterocycles. The fourth-order valence-electron chi connectivity index (χ4n) is 2.55. The summed E-state index contributed by atoms with van der Waals surface area (Å²) in [5, 5.41) is 0. The average Bonchev–Trinajstić information content (AvgIpc) is 2.64. The molecule has 0 atom stereocenters. The number of rotatable bonds is 5. The average molecular weight is 312 g/mol. The fourth-order valence-corrected chi connectivity index (χ4v) is 2.55. The van der Waals surface area contributed by atoms with Crippen LogP contribution in [0.2, 0.25) is 0 Å². The highest BCUT2D eigenvalue weighted by Crippen LogP contribution is 2.28. The summed E-state index contributed by atoms with van der Waals surface area (Å²) in [5.74, 6) is 1.67. The molecule has 0 aliphatic carbocycles. The molecule has 0 saturated heterocycles. The molecule has 0 fully saturated rings. The largest absolute Gasteiger partial charge is 0.457 e. The molecular formula is C23H20O. The molecule has 0 aromatic heterocycles. The summed E-state index contributed by atoms with van der Waals surface area (Å²) in [6.07, 6.45) is 4.05. The summed E-state index contributed by atoms with van der Waals surface area (Å²) >= 11 is 0. The highest BCUT2D eigenvalue weighted by atomic mass is 16.5. The number of allylic oxidation sites excluding steroid dienone is 1. The quantitative estimate of drug-likeness (QED) is 0.517. The molecule has 0 radical (unpaired) electrons. The lowest BCUT2D eigenvalue weighted by Gasteiger charge is -2.10. The number of ether oxygens (including phenoxy) is 1. The lowest BCUT2D eigenvalue weighted by atomic mass is 10.00. The predicted octanol–water partition coefficient (Wildman–Crippen LogP) is 6.57. The van der Waals surface area contributed by atoms with E-state index in [4.69, 9.17) is 4.74 Å². The molecule has 24 heavy (non-hydrogen) atoms. The molecule has 0 spiro atoms. The van der Waals surface area contributed by atoms with Crippen molar-refractivity contribution in [3.8, 4) is 11.5 Å². The molecule has 3 rings (SSSR count). The van der Waals surface area contributed by atoms with E-state index in [1.807, 2.05) is 85.8 Å². The molecule has 1 heteroatoms. The summed E-state index contributed by atoms with van der Waals surface area (Å²) < 4.78 is 6.02. The van der Waals surface area contributed by atoms with Gasteiger partial charge in [0.25, 0.3) is 0 Å². The van der Waals surface area contributed by atoms with Crippen molar-refractivity contribution >= 4 is 11.6 Å². The summed E-state index contributed by atoms with van der Waals surface area (Å²) in [5.41, 5.74) is 4.30. The summed E-state index contributed by atoms with van der Waals surface area (Å²) in [6, 6.07) is 26.3. The first-order valence-electron chi connectivity index (χ1n) is 8.02. The molecule has 0 saturated carbocycles. The Labute approximate surface area is 143 Å². The SMILES string of the molecule is C=C(c1ccccc1)c1ccc(Oc2ccccc2/C=C/C)cc1. The van der Waals surface area contributed by atoms with Gasteiger partial charge in [0.15, 0.2) is 0 Å². The summed E-state index contributed by atoms with van der Waals surface area (Å²) in [7, 11) is 0. The smallest absolute Gasteiger partial charge is 0.134 e. The van der Waals surface area contributed by atoms with Gasteiger partial charge in [0, 0.05) is 5.56 Å². The number of hydrogen-bond donors (Lipinski definition) is 0. The Morgan fingerprint density at radius 1 is 0.792 bits per heavy atom. The molecule has 0 N–H and O–H groups in total. The third kappa shape index (κ3) is 3.64. The van der Waals surface area contributed by atoms with Gasteiger partial charge in [-0.3, -0.25) is 0 Å². The van der Waals surface area contributed by atoms with E-state index in [0.717, 1.165) is 33.8 Å². The van der Waals surface area contributed by atoms with Gasteiger partial charge >= 0.3 is 0 Å². The lowest BCUT2D eigenvalue weighted by molar-refractivity contribution is 0.481. The van der Waals surface area contributed by atoms with Gasteiger partial charge < -0.3 is 4.74 Å². The molecule has 0 amide bonds. The highest BCUT2D eigenvalue weighted by molar-refractivity contribution is 5.78. The van der Waals surface area contributed by atoms with Crippen molar-refractivity contribution < 1.29 is 4.74 Å². The Morgan fingerprint density at radius 3 is 2.12 bits per heavy atom. The van der Waals surface area contributed by atoms with Crippen LogP contribution >= 0.6 is 0 Å². The molecule has 0 bridgehead atoms. The van der Waals surface area contributed by atoms with Crippen molar-refractivity contribution in [3.05, 3.63) is 108 Å². The second-order valence-electron chi connectivity index (χ2n) is 5.51. The predicted molar refractivity (Wildman–Crippen MR) is 102 cm³/mol. The Kier molecular flexibility index (Phi) is 4.93. The van der Waals surface area contributed by atoms with Crippen LogP contribution < -0.4 is 4.74 Å². The van der Waals surface area contributed by atoms with E-state index in [1.165, 1.54) is 0 Å². The topological polar surface area (TPSA) is 9.23 Å². The zero-order chi connectivity index (χ0) is 16.8. The summed E-state index contributed by atoms with van der Waals surface area (Å²) in [4.78, 5) is 0. The van der Waals surface area contributed by atoms with Crippen LogP contribution in [-0.4, -0.2) is 0 Å². The minimum absolute atomic E-state index is 0.816. The van der Waals surface area contributed by atoms with Gasteiger partial charge in [-0.2, -0.15) is 0 Å². The van der Waals surface area contributed by atoms with Crippen LogP contribution in [0, 0.1) is 0 Å². The van der Waals surface area contributed by atoms with E-state index >= 15 is 0 Å². The van der Waals surface area contributed by atoms with Gasteiger partial charge in [-0.15, -0.1) is 0 Å². The van der Waals surface area contributed by atoms with Crippen molar-refractivity contribution in [1.29, 1.82) is 0 Å². The maximum atomic E-state index is 6.02. The van der Waals surface area contributed by atoms with E-state index in [2.05, 4.69) is 18.7 Å². The van der Waals surface area contributed by atoms with E-state index < -0.39 is 0 Å². The number of para-hydroxylation sites is 1. The third-order valence-corrected chi connectivity index (χ3v) is 3.82. The van der Waals surface area contributed by atoms with Crippen LogP contribution in [0.1, 0.15) is 23.6 Å². The van der Waals surface area contributed by atoms with Gasteiger partial charge in [0.2, 0.25) is 0 Å². The second-order valence-corrected chi connectivity index (χ2v) is 5.51. The Morgan fingerprint density at radius 2 is 1.42 bits per heavy atom. The maximum absolute atomic E-state index is 6.02. The van der Waals surface area contributed by atoms with Gasteiger partial charge in [0.05, 0.1) is 0 Å². The van der Waals surface area contributed by atoms with Crippen molar-refractivity contribution in [2.45, 2.75) is 6.92 Å². The van der Waals surface area contributed by atoms with Crippen LogP contribution in [0.3, 0.4) is 0 Å². The van der Waals surface area contributed by atoms with E-state index in [1.54, 1.807) is 0 Å². The van der Waals surface area contributed by atoms with E-state index in [-0.39, 0.29) is 0 Å². The monoisotopic (exact) mass is 312 g/mol. The number of hydrogen-bond acceptors (Lipinski definition) is 1. The Bertz CT molecular complexity index is 843. The van der Waals surface area contributed by atoms with Crippen LogP contribution in [0.15, 0.2) is 91.5 Å². The van der Waals surface area contributed by atoms with Crippen LogP contribution in [0.4, 0.5) is 0 Å². The molecular weight excluding hydrogens is 292 g/mol. The third-order valence-electron chi connectivity index (χ3n) is 3.82. The van der Waals surface area contributed by atoms with Gasteiger partial charge in [-0.25, -0.2) is 0 Å². The molecule has 3 aromatic rings. The van der Waals surface area contributed by atoms with E-state index in [9.17, 15) is 0 Å². The highest BCUT2D eigenvalue weighted by Gasteiger charge is 2.04. The first-order chi connectivity index (χ1) is 11.8. The number of benzene rings is 3. The lowest BCUT2D eigenvalue weighted by Crippen LogP contribution is -1.89. The van der Waals surface area contributed by atoms with Crippen LogP contribution in [0.5, 0.6) is 11.5 Å².